The van der Waals surface area contributed by atoms with Crippen molar-refractivity contribution < 1.29 is 4.79 Å². The third-order valence-electron chi connectivity index (χ3n) is 3.44. The first kappa shape index (κ1) is 16.0. The molecule has 4 heteroatoms. The zero-order chi connectivity index (χ0) is 16.6. The van der Waals surface area contributed by atoms with Gasteiger partial charge in [0, 0.05) is 23.4 Å². The quantitative estimate of drug-likeness (QED) is 0.506. The summed E-state index contributed by atoms with van der Waals surface area (Å²) in [6.45, 7) is 0. The summed E-state index contributed by atoms with van der Waals surface area (Å²) in [5, 5.41) is 3.02. The summed E-state index contributed by atoms with van der Waals surface area (Å²) in [5.74, 6) is 0.0810. The molecule has 0 amide bonds. The fourth-order valence-corrected chi connectivity index (χ4v) is 2.77. The molecule has 4 aromatic rings. The van der Waals surface area contributed by atoms with Crippen LogP contribution in [0.3, 0.4) is 0 Å². The summed E-state index contributed by atoms with van der Waals surface area (Å²) < 4.78 is 4.00. The molecule has 0 aliphatic rings. The van der Waals surface area contributed by atoms with E-state index >= 15 is 0 Å². The molecule has 2 aromatic carbocycles. The van der Waals surface area contributed by atoms with E-state index in [1.54, 1.807) is 6.07 Å². The van der Waals surface area contributed by atoms with E-state index in [1.165, 1.54) is 16.9 Å². The van der Waals surface area contributed by atoms with Crippen LogP contribution in [0.2, 0.25) is 0 Å². The number of fused-ring (bicyclic) bond motifs is 1. The van der Waals surface area contributed by atoms with E-state index < -0.39 is 0 Å². The molecule has 0 spiro atoms. The first-order valence-corrected chi connectivity index (χ1v) is 8.44. The molecule has 0 aliphatic heterocycles. The van der Waals surface area contributed by atoms with Gasteiger partial charge in [-0.25, -0.2) is 0 Å². The van der Waals surface area contributed by atoms with Gasteiger partial charge in [0.15, 0.2) is 5.78 Å². The van der Waals surface area contributed by atoms with Crippen molar-refractivity contribution in [1.29, 1.82) is 0 Å². The minimum atomic E-state index is 0.0810. The summed E-state index contributed by atoms with van der Waals surface area (Å²) in [4.78, 5) is 15.8. The van der Waals surface area contributed by atoms with Crippen molar-refractivity contribution in [3.05, 3.63) is 95.6 Å². The Hall–Kier alpha value is -2.85. The molecule has 2 aromatic heterocycles. The first-order valence-electron chi connectivity index (χ1n) is 7.60. The number of Topliss-reactive ketones (excluding diaryl/α,β-unsaturated/α-hetero) is 1. The standard InChI is InChI=1S/C11H9NOS.C9H7N/c13-11(10-6-7-14-12-10)8-9-4-2-1-3-5-9;1-2-6-9-8(4-1)5-3-7-10-9/h1-7H,8H2;1-7H. The molecule has 2 heterocycles. The van der Waals surface area contributed by atoms with Crippen LogP contribution < -0.4 is 0 Å². The molecule has 118 valence electrons. The lowest BCUT2D eigenvalue weighted by molar-refractivity contribution is 0.0989. The van der Waals surface area contributed by atoms with Crippen LogP contribution in [-0.2, 0) is 6.42 Å². The Morgan fingerprint density at radius 2 is 1.62 bits per heavy atom. The van der Waals surface area contributed by atoms with Crippen LogP contribution in [0, 0.1) is 0 Å². The minimum Gasteiger partial charge on any atom is -0.292 e. The Labute approximate surface area is 144 Å². The summed E-state index contributed by atoms with van der Waals surface area (Å²) in [5.41, 5.74) is 2.66. The molecule has 4 rings (SSSR count). The van der Waals surface area contributed by atoms with Crippen LogP contribution in [0.25, 0.3) is 10.9 Å². The average Bonchev–Trinajstić information content (AvgIpc) is 3.18. The van der Waals surface area contributed by atoms with E-state index in [4.69, 9.17) is 0 Å². The van der Waals surface area contributed by atoms with Crippen molar-refractivity contribution in [3.63, 3.8) is 0 Å². The van der Waals surface area contributed by atoms with E-state index in [0.717, 1.165) is 11.1 Å². The molecule has 0 atom stereocenters. The Morgan fingerprint density at radius 1 is 0.875 bits per heavy atom. The van der Waals surface area contributed by atoms with Gasteiger partial charge in [-0.15, -0.1) is 0 Å². The normalized spacial score (nSPS) is 10.0. The lowest BCUT2D eigenvalue weighted by Crippen LogP contribution is -2.03. The van der Waals surface area contributed by atoms with Crippen molar-refractivity contribution in [2.45, 2.75) is 6.42 Å². The van der Waals surface area contributed by atoms with E-state index in [0.29, 0.717) is 12.1 Å². The maximum absolute atomic E-state index is 11.6. The molecule has 0 bridgehead atoms. The highest BCUT2D eigenvalue weighted by Gasteiger charge is 2.07. The Balaban J connectivity index is 0.000000149. The number of nitrogens with zero attached hydrogens (tertiary/aromatic N) is 2. The van der Waals surface area contributed by atoms with Gasteiger partial charge in [0.2, 0.25) is 0 Å². The predicted octanol–water partition coefficient (Wildman–Crippen LogP) is 4.80. The third kappa shape index (κ3) is 4.33. The number of hydrogen-bond donors (Lipinski definition) is 0. The number of carbonyl (C=O) groups excluding carboxylic acids is 1. The molecule has 0 saturated carbocycles. The van der Waals surface area contributed by atoms with Gasteiger partial charge in [-0.3, -0.25) is 9.78 Å². The topological polar surface area (TPSA) is 42.9 Å². The maximum Gasteiger partial charge on any atom is 0.186 e. The van der Waals surface area contributed by atoms with Crippen molar-refractivity contribution in [1.82, 2.24) is 9.36 Å². The largest absolute Gasteiger partial charge is 0.292 e. The Morgan fingerprint density at radius 3 is 2.38 bits per heavy atom. The highest BCUT2D eigenvalue weighted by molar-refractivity contribution is 7.03. The predicted molar refractivity (Wildman–Crippen MR) is 98.3 cm³/mol. The van der Waals surface area contributed by atoms with Crippen LogP contribution in [0.15, 0.2) is 84.4 Å². The van der Waals surface area contributed by atoms with Gasteiger partial charge in [-0.2, -0.15) is 4.37 Å². The number of ketones is 1. The first-order chi connectivity index (χ1) is 11.8. The van der Waals surface area contributed by atoms with Crippen LogP contribution in [0.4, 0.5) is 0 Å². The summed E-state index contributed by atoms with van der Waals surface area (Å²) >= 11 is 1.31. The zero-order valence-electron chi connectivity index (χ0n) is 13.0. The van der Waals surface area contributed by atoms with E-state index in [9.17, 15) is 4.79 Å². The molecule has 0 saturated heterocycles. The second-order valence-electron chi connectivity index (χ2n) is 5.17. The van der Waals surface area contributed by atoms with Gasteiger partial charge in [0.25, 0.3) is 0 Å². The van der Waals surface area contributed by atoms with Gasteiger partial charge < -0.3 is 0 Å². The van der Waals surface area contributed by atoms with Crippen molar-refractivity contribution in [3.8, 4) is 0 Å². The van der Waals surface area contributed by atoms with Gasteiger partial charge in [0.1, 0.15) is 5.69 Å². The van der Waals surface area contributed by atoms with Crippen molar-refractivity contribution >= 4 is 28.2 Å². The van der Waals surface area contributed by atoms with Crippen LogP contribution in [-0.4, -0.2) is 15.1 Å². The van der Waals surface area contributed by atoms with Gasteiger partial charge >= 0.3 is 0 Å². The monoisotopic (exact) mass is 332 g/mol. The molecule has 0 N–H and O–H groups in total. The molecule has 0 unspecified atom stereocenters. The Kier molecular flexibility index (Phi) is 5.43. The highest BCUT2D eigenvalue weighted by atomic mass is 32.1. The Bertz CT molecular complexity index is 840. The molecule has 24 heavy (non-hydrogen) atoms. The molecule has 0 radical (unpaired) electrons. The molecule has 0 fully saturated rings. The third-order valence-corrected chi connectivity index (χ3v) is 4.00. The number of hydrogen-bond acceptors (Lipinski definition) is 4. The molecule has 3 nitrogen and oxygen atoms in total. The number of para-hydroxylation sites is 1. The van der Waals surface area contributed by atoms with Gasteiger partial charge in [0.05, 0.1) is 5.52 Å². The summed E-state index contributed by atoms with van der Waals surface area (Å²) in [6.07, 6.45) is 2.24. The number of benzene rings is 2. The minimum absolute atomic E-state index is 0.0810. The molecular weight excluding hydrogens is 316 g/mol. The van der Waals surface area contributed by atoms with E-state index in [1.807, 2.05) is 66.2 Å². The van der Waals surface area contributed by atoms with Gasteiger partial charge in [-0.1, -0.05) is 54.6 Å². The smallest absolute Gasteiger partial charge is 0.186 e. The number of aromatic nitrogens is 2. The fraction of sp³-hybridized carbons (Fsp3) is 0.0500. The average molecular weight is 332 g/mol. The molecular formula is C20H16N2OS. The summed E-state index contributed by atoms with van der Waals surface area (Å²) in [6, 6.07) is 23.6. The fourth-order valence-electron chi connectivity index (χ4n) is 2.24. The lowest BCUT2D eigenvalue weighted by Gasteiger charge is -1.97. The summed E-state index contributed by atoms with van der Waals surface area (Å²) in [7, 11) is 0. The van der Waals surface area contributed by atoms with Crippen LogP contribution in [0.1, 0.15) is 16.1 Å². The van der Waals surface area contributed by atoms with E-state index in [2.05, 4.69) is 21.5 Å². The van der Waals surface area contributed by atoms with Gasteiger partial charge in [-0.05, 0) is 35.3 Å². The van der Waals surface area contributed by atoms with Crippen LogP contribution in [0.5, 0.6) is 0 Å². The second kappa shape index (κ2) is 8.13. The lowest BCUT2D eigenvalue weighted by atomic mass is 10.1. The SMILES string of the molecule is O=C(Cc1ccccc1)c1ccsn1.c1ccc2ncccc2c1. The number of pyridine rings is 1. The highest BCUT2D eigenvalue weighted by Crippen LogP contribution is 2.08. The number of carbonyl (C=O) groups is 1. The van der Waals surface area contributed by atoms with Crippen molar-refractivity contribution in [2.24, 2.45) is 0 Å². The maximum atomic E-state index is 11.6. The molecule has 0 aliphatic carbocycles. The van der Waals surface area contributed by atoms with Crippen molar-refractivity contribution in [2.75, 3.05) is 0 Å². The second-order valence-corrected chi connectivity index (χ2v) is 5.83. The number of rotatable bonds is 3. The van der Waals surface area contributed by atoms with Crippen LogP contribution >= 0.6 is 11.5 Å². The van der Waals surface area contributed by atoms with E-state index in [-0.39, 0.29) is 5.78 Å². The zero-order valence-corrected chi connectivity index (χ0v) is 13.8.